The zero-order valence-electron chi connectivity index (χ0n) is 17.8. The highest BCUT2D eigenvalue weighted by molar-refractivity contribution is 4.85. The lowest BCUT2D eigenvalue weighted by Crippen LogP contribution is -2.52. The van der Waals surface area contributed by atoms with Crippen LogP contribution in [-0.2, 0) is 23.7 Å². The molecule has 156 valence electrons. The van der Waals surface area contributed by atoms with Crippen molar-refractivity contribution >= 4 is 0 Å². The summed E-state index contributed by atoms with van der Waals surface area (Å²) in [7, 11) is 3.36. The molecule has 1 rings (SSSR count). The van der Waals surface area contributed by atoms with Crippen LogP contribution >= 0.6 is 0 Å². The van der Waals surface area contributed by atoms with Crippen molar-refractivity contribution in [2.24, 2.45) is 5.41 Å². The zero-order chi connectivity index (χ0) is 19.3. The first-order valence-electron chi connectivity index (χ1n) is 10.5. The van der Waals surface area contributed by atoms with Gasteiger partial charge in [-0.2, -0.15) is 0 Å². The molecule has 0 bridgehead atoms. The zero-order valence-corrected chi connectivity index (χ0v) is 17.8. The maximum Gasteiger partial charge on any atom is 0.288 e. The van der Waals surface area contributed by atoms with Crippen molar-refractivity contribution in [1.29, 1.82) is 0 Å². The van der Waals surface area contributed by atoms with E-state index in [1.54, 1.807) is 14.2 Å². The van der Waals surface area contributed by atoms with E-state index < -0.39 is 5.97 Å². The SMILES string of the molecule is CCCCCCCCC(C)(CCCOCC1CO1)C(OC)(OC)OCC. The maximum absolute atomic E-state index is 5.99. The number of hydrogen-bond acceptors (Lipinski definition) is 5. The van der Waals surface area contributed by atoms with Gasteiger partial charge in [0, 0.05) is 32.8 Å². The third-order valence-electron chi connectivity index (χ3n) is 5.42. The fourth-order valence-electron chi connectivity index (χ4n) is 3.73. The minimum Gasteiger partial charge on any atom is -0.379 e. The van der Waals surface area contributed by atoms with E-state index in [1.165, 1.54) is 38.5 Å². The van der Waals surface area contributed by atoms with Crippen LogP contribution in [0.4, 0.5) is 0 Å². The van der Waals surface area contributed by atoms with Gasteiger partial charge in [0.25, 0.3) is 5.97 Å². The normalized spacial score (nSPS) is 19.5. The van der Waals surface area contributed by atoms with Crippen LogP contribution in [0.5, 0.6) is 0 Å². The topological polar surface area (TPSA) is 49.5 Å². The van der Waals surface area contributed by atoms with Crippen LogP contribution < -0.4 is 0 Å². The number of methoxy groups -OCH3 is 2. The van der Waals surface area contributed by atoms with Crippen molar-refractivity contribution < 1.29 is 23.7 Å². The second-order valence-electron chi connectivity index (χ2n) is 7.61. The van der Waals surface area contributed by atoms with Gasteiger partial charge in [-0.3, -0.25) is 0 Å². The molecule has 1 saturated heterocycles. The van der Waals surface area contributed by atoms with Gasteiger partial charge in [0.2, 0.25) is 0 Å². The molecular formula is C21H42O5. The van der Waals surface area contributed by atoms with Crippen molar-refractivity contribution in [2.45, 2.75) is 90.6 Å². The third kappa shape index (κ3) is 7.81. The molecule has 0 radical (unpaired) electrons. The van der Waals surface area contributed by atoms with Gasteiger partial charge in [0.1, 0.15) is 6.10 Å². The lowest BCUT2D eigenvalue weighted by molar-refractivity contribution is -0.414. The quantitative estimate of drug-likeness (QED) is 0.194. The second kappa shape index (κ2) is 13.1. The van der Waals surface area contributed by atoms with Gasteiger partial charge in [-0.25, -0.2) is 0 Å². The summed E-state index contributed by atoms with van der Waals surface area (Å²) >= 11 is 0. The minimum absolute atomic E-state index is 0.212. The summed E-state index contributed by atoms with van der Waals surface area (Å²) in [6.45, 7) is 9.31. The molecule has 0 aliphatic carbocycles. The molecule has 0 amide bonds. The van der Waals surface area contributed by atoms with Gasteiger partial charge >= 0.3 is 0 Å². The molecule has 1 fully saturated rings. The molecular weight excluding hydrogens is 332 g/mol. The Balaban J connectivity index is 2.55. The third-order valence-corrected chi connectivity index (χ3v) is 5.42. The summed E-state index contributed by atoms with van der Waals surface area (Å²) in [5, 5.41) is 0. The largest absolute Gasteiger partial charge is 0.379 e. The monoisotopic (exact) mass is 374 g/mol. The minimum atomic E-state index is -0.995. The average molecular weight is 375 g/mol. The molecule has 26 heavy (non-hydrogen) atoms. The fraction of sp³-hybridized carbons (Fsp3) is 1.00. The first kappa shape index (κ1) is 23.8. The van der Waals surface area contributed by atoms with E-state index in [0.717, 1.165) is 32.5 Å². The summed E-state index contributed by atoms with van der Waals surface area (Å²) in [5.41, 5.74) is -0.212. The summed E-state index contributed by atoms with van der Waals surface area (Å²) in [6, 6.07) is 0. The molecule has 1 heterocycles. The average Bonchev–Trinajstić information content (AvgIpc) is 3.46. The molecule has 2 atom stereocenters. The first-order chi connectivity index (χ1) is 12.6. The van der Waals surface area contributed by atoms with Gasteiger partial charge in [-0.15, -0.1) is 0 Å². The van der Waals surface area contributed by atoms with Crippen LogP contribution in [-0.4, -0.2) is 52.7 Å². The lowest BCUT2D eigenvalue weighted by Gasteiger charge is -2.45. The predicted molar refractivity (Wildman–Crippen MR) is 104 cm³/mol. The molecule has 2 unspecified atom stereocenters. The number of ether oxygens (including phenoxy) is 5. The van der Waals surface area contributed by atoms with E-state index >= 15 is 0 Å². The molecule has 5 nitrogen and oxygen atoms in total. The van der Waals surface area contributed by atoms with Crippen molar-refractivity contribution in [3.63, 3.8) is 0 Å². The van der Waals surface area contributed by atoms with E-state index in [1.807, 2.05) is 6.92 Å². The van der Waals surface area contributed by atoms with Crippen LogP contribution in [0.1, 0.15) is 78.6 Å². The van der Waals surface area contributed by atoms with Crippen LogP contribution in [0, 0.1) is 5.41 Å². The predicted octanol–water partition coefficient (Wildman–Crippen LogP) is 4.92. The Labute approximate surface area is 161 Å². The van der Waals surface area contributed by atoms with Gasteiger partial charge < -0.3 is 23.7 Å². The standard InChI is InChI=1S/C21H42O5/c1-6-8-9-10-11-12-14-20(3,21(22-4,23-5)26-7-2)15-13-16-24-17-19-18-25-19/h19H,6-18H2,1-5H3. The summed E-state index contributed by atoms with van der Waals surface area (Å²) in [5.74, 6) is -0.995. The Kier molecular flexibility index (Phi) is 12.0. The number of unbranched alkanes of at least 4 members (excludes halogenated alkanes) is 5. The molecule has 0 saturated carbocycles. The highest BCUT2D eigenvalue weighted by Crippen LogP contribution is 2.44. The van der Waals surface area contributed by atoms with Crippen LogP contribution in [0.15, 0.2) is 0 Å². The first-order valence-corrected chi connectivity index (χ1v) is 10.5. The lowest BCUT2D eigenvalue weighted by atomic mass is 9.77. The highest BCUT2D eigenvalue weighted by atomic mass is 16.9. The van der Waals surface area contributed by atoms with Crippen molar-refractivity contribution in [3.8, 4) is 0 Å². The summed E-state index contributed by atoms with van der Waals surface area (Å²) < 4.78 is 28.5. The maximum atomic E-state index is 5.99. The van der Waals surface area contributed by atoms with Gasteiger partial charge in [0.15, 0.2) is 0 Å². The van der Waals surface area contributed by atoms with Gasteiger partial charge in [-0.1, -0.05) is 52.4 Å². The van der Waals surface area contributed by atoms with Crippen LogP contribution in [0.3, 0.4) is 0 Å². The van der Waals surface area contributed by atoms with E-state index in [-0.39, 0.29) is 5.41 Å². The van der Waals surface area contributed by atoms with Crippen LogP contribution in [0.25, 0.3) is 0 Å². The Hall–Kier alpha value is -0.200. The molecule has 0 aromatic heterocycles. The Morgan fingerprint density at radius 1 is 0.923 bits per heavy atom. The van der Waals surface area contributed by atoms with E-state index in [0.29, 0.717) is 19.3 Å². The summed E-state index contributed by atoms with van der Waals surface area (Å²) in [6.07, 6.45) is 10.9. The Morgan fingerprint density at radius 3 is 2.12 bits per heavy atom. The molecule has 1 aliphatic heterocycles. The Bertz CT molecular complexity index is 341. The van der Waals surface area contributed by atoms with Crippen LogP contribution in [0.2, 0.25) is 0 Å². The van der Waals surface area contributed by atoms with Gasteiger partial charge in [0.05, 0.1) is 13.2 Å². The molecule has 1 aliphatic rings. The number of rotatable bonds is 18. The fourth-order valence-corrected chi connectivity index (χ4v) is 3.73. The molecule has 0 aromatic carbocycles. The molecule has 0 spiro atoms. The second-order valence-corrected chi connectivity index (χ2v) is 7.61. The highest BCUT2D eigenvalue weighted by Gasteiger charge is 2.50. The Morgan fingerprint density at radius 2 is 1.54 bits per heavy atom. The van der Waals surface area contributed by atoms with E-state index in [2.05, 4.69) is 13.8 Å². The molecule has 5 heteroatoms. The smallest absolute Gasteiger partial charge is 0.288 e. The molecule has 0 aromatic rings. The number of hydrogen-bond donors (Lipinski definition) is 0. The van der Waals surface area contributed by atoms with E-state index in [4.69, 9.17) is 23.7 Å². The van der Waals surface area contributed by atoms with Crippen molar-refractivity contribution in [3.05, 3.63) is 0 Å². The molecule has 0 N–H and O–H groups in total. The van der Waals surface area contributed by atoms with Crippen molar-refractivity contribution in [1.82, 2.24) is 0 Å². The van der Waals surface area contributed by atoms with Gasteiger partial charge in [-0.05, 0) is 26.2 Å². The summed E-state index contributed by atoms with van der Waals surface area (Å²) in [4.78, 5) is 0. The van der Waals surface area contributed by atoms with E-state index in [9.17, 15) is 0 Å². The van der Waals surface area contributed by atoms with Crippen molar-refractivity contribution in [2.75, 3.05) is 40.6 Å². The number of epoxide rings is 1.